The average molecular weight is 183 g/mol. The first-order valence-electron chi connectivity index (χ1n) is 4.71. The van der Waals surface area contributed by atoms with Gasteiger partial charge in [-0.3, -0.25) is 9.69 Å². The number of carbonyl (C=O) groups is 1. The van der Waals surface area contributed by atoms with Crippen LogP contribution in [0.25, 0.3) is 0 Å². The minimum Gasteiger partial charge on any atom is -0.481 e. The summed E-state index contributed by atoms with van der Waals surface area (Å²) in [5.41, 5.74) is 0.842. The van der Waals surface area contributed by atoms with Gasteiger partial charge in [-0.2, -0.15) is 0 Å². The van der Waals surface area contributed by atoms with Crippen LogP contribution in [0.1, 0.15) is 25.7 Å². The molecule has 0 amide bonds. The molecule has 1 aliphatic rings. The van der Waals surface area contributed by atoms with Crippen molar-refractivity contribution in [1.82, 2.24) is 4.90 Å². The number of nitrogens with zero attached hydrogens (tertiary/aromatic N) is 1. The minimum absolute atomic E-state index is 0.106. The van der Waals surface area contributed by atoms with Crippen LogP contribution < -0.4 is 0 Å². The zero-order valence-corrected chi connectivity index (χ0v) is 8.12. The van der Waals surface area contributed by atoms with E-state index in [2.05, 4.69) is 11.5 Å². The number of likely N-dealkylation sites (tertiary alicyclic amines) is 1. The molecule has 1 N–H and O–H groups in total. The van der Waals surface area contributed by atoms with Crippen molar-refractivity contribution in [2.75, 3.05) is 13.6 Å². The monoisotopic (exact) mass is 183 g/mol. The molecule has 0 aromatic rings. The number of carboxylic acids is 1. The van der Waals surface area contributed by atoms with E-state index in [0.29, 0.717) is 0 Å². The molecule has 1 rings (SSSR count). The van der Waals surface area contributed by atoms with Crippen LogP contribution in [0.4, 0.5) is 0 Å². The molecule has 3 nitrogen and oxygen atoms in total. The number of piperidine rings is 1. The summed E-state index contributed by atoms with van der Waals surface area (Å²) >= 11 is 0. The minimum atomic E-state index is -0.774. The third kappa shape index (κ3) is 2.84. The Labute approximate surface area is 79.0 Å². The van der Waals surface area contributed by atoms with Crippen molar-refractivity contribution in [3.63, 3.8) is 0 Å². The first kappa shape index (κ1) is 10.3. The van der Waals surface area contributed by atoms with Gasteiger partial charge in [0.05, 0.1) is 6.42 Å². The van der Waals surface area contributed by atoms with Crippen LogP contribution in [0, 0.1) is 0 Å². The Morgan fingerprint density at radius 2 is 2.31 bits per heavy atom. The van der Waals surface area contributed by atoms with Gasteiger partial charge in [-0.15, -0.1) is 0 Å². The van der Waals surface area contributed by atoms with E-state index in [-0.39, 0.29) is 12.5 Å². The van der Waals surface area contributed by atoms with Gasteiger partial charge in [0.25, 0.3) is 0 Å². The Balaban J connectivity index is 2.48. The van der Waals surface area contributed by atoms with E-state index in [1.807, 2.05) is 7.05 Å². The summed E-state index contributed by atoms with van der Waals surface area (Å²) in [6.07, 6.45) is 3.57. The molecule has 0 bridgehead atoms. The highest BCUT2D eigenvalue weighted by molar-refractivity contribution is 5.70. The van der Waals surface area contributed by atoms with E-state index < -0.39 is 5.97 Å². The third-order valence-electron chi connectivity index (χ3n) is 2.62. The SMILES string of the molecule is C=C(CC(=O)O)C1CCCCN1C. The van der Waals surface area contributed by atoms with E-state index in [1.54, 1.807) is 0 Å². The lowest BCUT2D eigenvalue weighted by Gasteiger charge is -2.33. The van der Waals surface area contributed by atoms with Crippen molar-refractivity contribution < 1.29 is 9.90 Å². The van der Waals surface area contributed by atoms with E-state index in [4.69, 9.17) is 5.11 Å². The molecule has 0 aliphatic carbocycles. The smallest absolute Gasteiger partial charge is 0.307 e. The van der Waals surface area contributed by atoms with E-state index in [0.717, 1.165) is 18.5 Å². The third-order valence-corrected chi connectivity index (χ3v) is 2.62. The Kier molecular flexibility index (Phi) is 3.48. The fourth-order valence-electron chi connectivity index (χ4n) is 1.90. The van der Waals surface area contributed by atoms with Crippen LogP contribution in [0.5, 0.6) is 0 Å². The molecule has 1 saturated heterocycles. The fourth-order valence-corrected chi connectivity index (χ4v) is 1.90. The van der Waals surface area contributed by atoms with Crippen LogP contribution in [0.3, 0.4) is 0 Å². The lowest BCUT2D eigenvalue weighted by atomic mass is 9.95. The molecular formula is C10H17NO2. The maximum Gasteiger partial charge on any atom is 0.307 e. The van der Waals surface area contributed by atoms with Crippen LogP contribution in [-0.2, 0) is 4.79 Å². The number of likely N-dealkylation sites (N-methyl/N-ethyl adjacent to an activating group) is 1. The Bertz CT molecular complexity index is 213. The van der Waals surface area contributed by atoms with Crippen molar-refractivity contribution in [2.45, 2.75) is 31.7 Å². The van der Waals surface area contributed by atoms with E-state index >= 15 is 0 Å². The van der Waals surface area contributed by atoms with Crippen molar-refractivity contribution in [3.05, 3.63) is 12.2 Å². The van der Waals surface area contributed by atoms with Crippen LogP contribution in [-0.4, -0.2) is 35.6 Å². The summed E-state index contributed by atoms with van der Waals surface area (Å²) in [7, 11) is 2.04. The van der Waals surface area contributed by atoms with Crippen molar-refractivity contribution in [3.8, 4) is 0 Å². The number of rotatable bonds is 3. The molecule has 74 valence electrons. The van der Waals surface area contributed by atoms with Gasteiger partial charge in [-0.25, -0.2) is 0 Å². The second kappa shape index (κ2) is 4.42. The lowest BCUT2D eigenvalue weighted by Crippen LogP contribution is -2.37. The number of hydrogen-bond donors (Lipinski definition) is 1. The summed E-state index contributed by atoms with van der Waals surface area (Å²) in [6.45, 7) is 4.91. The normalized spacial score (nSPS) is 24.2. The number of aliphatic carboxylic acids is 1. The molecule has 1 heterocycles. The molecule has 0 spiro atoms. The molecule has 3 heteroatoms. The molecule has 13 heavy (non-hydrogen) atoms. The second-order valence-corrected chi connectivity index (χ2v) is 3.72. The van der Waals surface area contributed by atoms with Crippen molar-refractivity contribution in [1.29, 1.82) is 0 Å². The molecule has 0 saturated carbocycles. The van der Waals surface area contributed by atoms with Gasteiger partial charge in [-0.05, 0) is 32.0 Å². The van der Waals surface area contributed by atoms with Gasteiger partial charge in [-0.1, -0.05) is 13.0 Å². The predicted octanol–water partition coefficient (Wildman–Crippen LogP) is 1.50. The highest BCUT2D eigenvalue weighted by Gasteiger charge is 2.22. The summed E-state index contributed by atoms with van der Waals surface area (Å²) < 4.78 is 0. The Morgan fingerprint density at radius 1 is 1.62 bits per heavy atom. The quantitative estimate of drug-likeness (QED) is 0.674. The van der Waals surface area contributed by atoms with Crippen molar-refractivity contribution >= 4 is 5.97 Å². The molecule has 1 atom stereocenters. The molecule has 0 radical (unpaired) electrons. The molecular weight excluding hydrogens is 166 g/mol. The topological polar surface area (TPSA) is 40.5 Å². The predicted molar refractivity (Wildman–Crippen MR) is 51.7 cm³/mol. The highest BCUT2D eigenvalue weighted by Crippen LogP contribution is 2.22. The second-order valence-electron chi connectivity index (χ2n) is 3.72. The van der Waals surface area contributed by atoms with Crippen LogP contribution in [0.15, 0.2) is 12.2 Å². The van der Waals surface area contributed by atoms with Gasteiger partial charge in [0, 0.05) is 6.04 Å². The first-order chi connectivity index (χ1) is 6.11. The molecule has 1 aliphatic heterocycles. The summed E-state index contributed by atoms with van der Waals surface area (Å²) in [4.78, 5) is 12.7. The van der Waals surface area contributed by atoms with E-state index in [9.17, 15) is 4.79 Å². The average Bonchev–Trinajstić information content (AvgIpc) is 2.03. The van der Waals surface area contributed by atoms with Crippen molar-refractivity contribution in [2.24, 2.45) is 0 Å². The Morgan fingerprint density at radius 3 is 2.85 bits per heavy atom. The summed E-state index contributed by atoms with van der Waals surface area (Å²) in [5, 5.41) is 8.62. The van der Waals surface area contributed by atoms with Gasteiger partial charge in [0.1, 0.15) is 0 Å². The number of hydrogen-bond acceptors (Lipinski definition) is 2. The van der Waals surface area contributed by atoms with Gasteiger partial charge in [0.2, 0.25) is 0 Å². The number of carboxylic acid groups (broad SMARTS) is 1. The van der Waals surface area contributed by atoms with Gasteiger partial charge < -0.3 is 5.11 Å². The summed E-state index contributed by atoms with van der Waals surface area (Å²) in [5.74, 6) is -0.774. The Hall–Kier alpha value is -0.830. The molecule has 1 fully saturated rings. The molecule has 0 aromatic heterocycles. The van der Waals surface area contributed by atoms with Gasteiger partial charge >= 0.3 is 5.97 Å². The summed E-state index contributed by atoms with van der Waals surface area (Å²) in [6, 6.07) is 0.282. The largest absolute Gasteiger partial charge is 0.481 e. The standard InChI is InChI=1S/C10H17NO2/c1-8(7-10(12)13)9-5-3-4-6-11(9)2/h9H,1,3-7H2,2H3,(H,12,13). The maximum atomic E-state index is 10.5. The highest BCUT2D eigenvalue weighted by atomic mass is 16.4. The molecule has 1 unspecified atom stereocenters. The zero-order valence-electron chi connectivity index (χ0n) is 8.12. The first-order valence-corrected chi connectivity index (χ1v) is 4.71. The van der Waals surface area contributed by atoms with E-state index in [1.165, 1.54) is 12.8 Å². The fraction of sp³-hybridized carbons (Fsp3) is 0.700. The van der Waals surface area contributed by atoms with Gasteiger partial charge in [0.15, 0.2) is 0 Å². The van der Waals surface area contributed by atoms with Crippen LogP contribution in [0.2, 0.25) is 0 Å². The maximum absolute atomic E-state index is 10.5. The lowest BCUT2D eigenvalue weighted by molar-refractivity contribution is -0.136. The zero-order chi connectivity index (χ0) is 9.84. The van der Waals surface area contributed by atoms with Crippen LogP contribution >= 0.6 is 0 Å². The molecule has 0 aromatic carbocycles.